The summed E-state index contributed by atoms with van der Waals surface area (Å²) < 4.78 is 5.39. The van der Waals surface area contributed by atoms with Crippen molar-refractivity contribution < 1.29 is 14.3 Å². The topological polar surface area (TPSA) is 112 Å². The van der Waals surface area contributed by atoms with Crippen molar-refractivity contribution in [1.82, 2.24) is 25.2 Å². The molecule has 0 radical (unpaired) electrons. The minimum atomic E-state index is -0.294. The molecule has 5 rings (SSSR count). The normalized spacial score (nSPS) is 16.4. The minimum Gasteiger partial charge on any atom is -0.495 e. The Kier molecular flexibility index (Phi) is 5.94. The number of fused-ring (bicyclic) bond motifs is 2. The number of anilines is 2. The van der Waals surface area contributed by atoms with E-state index in [1.165, 1.54) is 12.3 Å². The van der Waals surface area contributed by atoms with Crippen LogP contribution in [-0.2, 0) is 10.2 Å². The number of hydrogen-bond acceptors (Lipinski definition) is 6. The molecular formula is C25H25ClN6O3. The molecule has 2 amide bonds. The van der Waals surface area contributed by atoms with E-state index in [2.05, 4.69) is 32.2 Å². The third-order valence-electron chi connectivity index (χ3n) is 6.74. The van der Waals surface area contributed by atoms with Crippen LogP contribution < -0.4 is 15.4 Å². The second-order valence-corrected chi connectivity index (χ2v) is 9.09. The first-order valence-electron chi connectivity index (χ1n) is 11.3. The van der Waals surface area contributed by atoms with Crippen molar-refractivity contribution in [2.45, 2.75) is 18.3 Å². The maximum Gasteiger partial charge on any atom is 0.253 e. The van der Waals surface area contributed by atoms with Gasteiger partial charge in [0.05, 0.1) is 35.3 Å². The van der Waals surface area contributed by atoms with E-state index in [0.29, 0.717) is 59.0 Å². The van der Waals surface area contributed by atoms with Gasteiger partial charge >= 0.3 is 0 Å². The summed E-state index contributed by atoms with van der Waals surface area (Å²) in [6.07, 6.45) is 4.30. The van der Waals surface area contributed by atoms with Crippen LogP contribution in [0.2, 0.25) is 5.02 Å². The van der Waals surface area contributed by atoms with Crippen molar-refractivity contribution in [3.05, 3.63) is 65.5 Å². The van der Waals surface area contributed by atoms with Gasteiger partial charge < -0.3 is 25.3 Å². The van der Waals surface area contributed by atoms with Gasteiger partial charge in [0.1, 0.15) is 11.4 Å². The maximum atomic E-state index is 12.7. The lowest BCUT2D eigenvalue weighted by atomic mass is 9.72. The smallest absolute Gasteiger partial charge is 0.253 e. The van der Waals surface area contributed by atoms with Gasteiger partial charge in [0.15, 0.2) is 0 Å². The fourth-order valence-corrected chi connectivity index (χ4v) is 5.00. The molecule has 1 aromatic carbocycles. The molecule has 0 bridgehead atoms. The monoisotopic (exact) mass is 492 g/mol. The first kappa shape index (κ1) is 22.9. The molecule has 4 heterocycles. The first-order chi connectivity index (χ1) is 16.9. The van der Waals surface area contributed by atoms with E-state index in [1.54, 1.807) is 18.1 Å². The van der Waals surface area contributed by atoms with Gasteiger partial charge in [0.25, 0.3) is 5.91 Å². The molecule has 0 atom stereocenters. The molecule has 3 N–H and O–H groups in total. The number of likely N-dealkylation sites (tertiary alicyclic amines) is 1. The molecule has 9 nitrogen and oxygen atoms in total. The number of H-pyrrole nitrogens is 1. The number of piperidine rings is 1. The number of aromatic amines is 1. The Labute approximate surface area is 207 Å². The van der Waals surface area contributed by atoms with Gasteiger partial charge in [0, 0.05) is 30.7 Å². The summed E-state index contributed by atoms with van der Waals surface area (Å²) in [7, 11) is 1.59. The zero-order chi connectivity index (χ0) is 24.6. The second kappa shape index (κ2) is 9.07. The molecule has 2 aromatic heterocycles. The van der Waals surface area contributed by atoms with E-state index in [9.17, 15) is 9.59 Å². The second-order valence-electron chi connectivity index (χ2n) is 8.68. The summed E-state index contributed by atoms with van der Waals surface area (Å²) in [6.45, 7) is 5.28. The van der Waals surface area contributed by atoms with Crippen molar-refractivity contribution in [3.8, 4) is 17.1 Å². The number of hydrogen-bond donors (Lipinski definition) is 3. The quantitative estimate of drug-likeness (QED) is 0.468. The predicted octanol–water partition coefficient (Wildman–Crippen LogP) is 3.67. The van der Waals surface area contributed by atoms with Crippen LogP contribution in [0, 0.1) is 0 Å². The molecule has 0 unspecified atom stereocenters. The Morgan fingerprint density at radius 2 is 2.09 bits per heavy atom. The van der Waals surface area contributed by atoms with Crippen molar-refractivity contribution in [3.63, 3.8) is 0 Å². The molecule has 1 saturated heterocycles. The summed E-state index contributed by atoms with van der Waals surface area (Å²) in [5.74, 6) is 0.782. The molecule has 1 spiro atoms. The van der Waals surface area contributed by atoms with Gasteiger partial charge in [-0.1, -0.05) is 30.3 Å². The van der Waals surface area contributed by atoms with Gasteiger partial charge in [-0.25, -0.2) is 9.97 Å². The van der Waals surface area contributed by atoms with Gasteiger partial charge in [0.2, 0.25) is 11.9 Å². The van der Waals surface area contributed by atoms with Gasteiger partial charge in [-0.05, 0) is 37.1 Å². The fraction of sp³-hybridized carbons (Fsp3) is 0.280. The van der Waals surface area contributed by atoms with Crippen LogP contribution >= 0.6 is 11.6 Å². The summed E-state index contributed by atoms with van der Waals surface area (Å²) in [4.78, 5) is 38.9. The minimum absolute atomic E-state index is 0.0741. The number of para-hydroxylation sites is 2. The zero-order valence-electron chi connectivity index (χ0n) is 19.2. The van der Waals surface area contributed by atoms with Gasteiger partial charge in [-0.2, -0.15) is 0 Å². The SMILES string of the molecule is C=CC(=O)N1CCC2(CC1)CNC(=O)c1cc(-c3nc(Nc4ccccc4OC)ncc3Cl)[nH]c12. The van der Waals surface area contributed by atoms with E-state index in [4.69, 9.17) is 16.3 Å². The van der Waals surface area contributed by atoms with Crippen LogP contribution in [-0.4, -0.2) is 58.4 Å². The number of aromatic nitrogens is 3. The van der Waals surface area contributed by atoms with E-state index >= 15 is 0 Å². The van der Waals surface area contributed by atoms with Crippen LogP contribution in [0.1, 0.15) is 28.9 Å². The highest BCUT2D eigenvalue weighted by Crippen LogP contribution is 2.41. The molecule has 3 aromatic rings. The Morgan fingerprint density at radius 1 is 1.31 bits per heavy atom. The summed E-state index contributed by atoms with van der Waals surface area (Å²) in [6, 6.07) is 9.24. The molecule has 2 aliphatic heterocycles. The standard InChI is InChI=1S/C25H25ClN6O3/c1-3-20(33)32-10-8-25(9-11-32)14-28-23(34)15-12-18(29-22(15)25)21-16(26)13-27-24(31-21)30-17-6-4-5-7-19(17)35-2/h3-7,12-13,29H,1,8-11,14H2,2H3,(H,28,34)(H,27,30,31). The number of ether oxygens (including phenoxy) is 1. The number of methoxy groups -OCH3 is 1. The lowest BCUT2D eigenvalue weighted by Gasteiger charge is -2.43. The van der Waals surface area contributed by atoms with E-state index < -0.39 is 0 Å². The molecule has 0 aliphatic carbocycles. The number of nitrogens with one attached hydrogen (secondary N) is 3. The number of amides is 2. The van der Waals surface area contributed by atoms with Crippen molar-refractivity contribution >= 4 is 35.1 Å². The molecule has 1 fully saturated rings. The average Bonchev–Trinajstić information content (AvgIpc) is 3.35. The molecular weight excluding hydrogens is 468 g/mol. The molecule has 180 valence electrons. The molecule has 0 saturated carbocycles. The van der Waals surface area contributed by atoms with Gasteiger partial charge in [-0.15, -0.1) is 0 Å². The third-order valence-corrected chi connectivity index (χ3v) is 7.02. The number of benzene rings is 1. The van der Waals surface area contributed by atoms with Crippen molar-refractivity contribution in [2.75, 3.05) is 32.1 Å². The van der Waals surface area contributed by atoms with Crippen LogP contribution in [0.4, 0.5) is 11.6 Å². The Balaban J connectivity index is 1.48. The molecule has 2 aliphatic rings. The molecule has 35 heavy (non-hydrogen) atoms. The first-order valence-corrected chi connectivity index (χ1v) is 11.7. The van der Waals surface area contributed by atoms with Crippen LogP contribution in [0.25, 0.3) is 11.4 Å². The van der Waals surface area contributed by atoms with Crippen LogP contribution in [0.5, 0.6) is 5.75 Å². The highest BCUT2D eigenvalue weighted by molar-refractivity contribution is 6.32. The van der Waals surface area contributed by atoms with Crippen LogP contribution in [0.3, 0.4) is 0 Å². The lowest BCUT2D eigenvalue weighted by Crippen LogP contribution is -2.53. The maximum absolute atomic E-state index is 12.7. The number of carbonyl (C=O) groups is 2. The lowest BCUT2D eigenvalue weighted by molar-refractivity contribution is -0.127. The third kappa shape index (κ3) is 4.12. The number of halogens is 1. The predicted molar refractivity (Wildman–Crippen MR) is 133 cm³/mol. The molecule has 10 heteroatoms. The summed E-state index contributed by atoms with van der Waals surface area (Å²) in [5.41, 5.74) is 2.96. The van der Waals surface area contributed by atoms with E-state index in [1.807, 2.05) is 24.3 Å². The summed E-state index contributed by atoms with van der Waals surface area (Å²) in [5, 5.41) is 6.54. The summed E-state index contributed by atoms with van der Waals surface area (Å²) >= 11 is 6.49. The number of carbonyl (C=O) groups excluding carboxylic acids is 2. The van der Waals surface area contributed by atoms with Crippen LogP contribution in [0.15, 0.2) is 49.2 Å². The number of rotatable bonds is 5. The Morgan fingerprint density at radius 3 is 2.83 bits per heavy atom. The largest absolute Gasteiger partial charge is 0.495 e. The van der Waals surface area contributed by atoms with Crippen molar-refractivity contribution in [1.29, 1.82) is 0 Å². The highest BCUT2D eigenvalue weighted by Gasteiger charge is 2.44. The fourth-order valence-electron chi connectivity index (χ4n) is 4.81. The Hall–Kier alpha value is -3.85. The van der Waals surface area contributed by atoms with E-state index in [-0.39, 0.29) is 17.2 Å². The average molecular weight is 493 g/mol. The Bertz CT molecular complexity index is 1310. The van der Waals surface area contributed by atoms with Gasteiger partial charge in [-0.3, -0.25) is 9.59 Å². The van der Waals surface area contributed by atoms with Crippen molar-refractivity contribution in [2.24, 2.45) is 0 Å². The van der Waals surface area contributed by atoms with E-state index in [0.717, 1.165) is 18.5 Å². The highest BCUT2D eigenvalue weighted by atomic mass is 35.5. The zero-order valence-corrected chi connectivity index (χ0v) is 20.0. The number of nitrogens with zero attached hydrogens (tertiary/aromatic N) is 3.